The second-order valence-corrected chi connectivity index (χ2v) is 8.96. The Bertz CT molecular complexity index is 928. The minimum Gasteiger partial charge on any atom is -0.455 e. The minimum atomic E-state index is 0. The number of rotatable bonds is 4. The predicted octanol–water partition coefficient (Wildman–Crippen LogP) is 5.94. The summed E-state index contributed by atoms with van der Waals surface area (Å²) in [4.78, 5) is 0. The van der Waals surface area contributed by atoms with Gasteiger partial charge < -0.3 is 15.9 Å². The number of hydrogen-bond donors (Lipinski definition) is 4. The number of halogens is 3. The van der Waals surface area contributed by atoms with E-state index in [4.69, 9.17) is 26.7 Å². The quantitative estimate of drug-likeness (QED) is 0.224. The summed E-state index contributed by atoms with van der Waals surface area (Å²) >= 11 is 9.65. The molecule has 0 aliphatic heterocycles. The van der Waals surface area contributed by atoms with Gasteiger partial charge in [0.05, 0.1) is 0 Å². The molecule has 0 bridgehead atoms. The van der Waals surface area contributed by atoms with Crippen molar-refractivity contribution in [1.29, 1.82) is 10.8 Å². The van der Waals surface area contributed by atoms with E-state index in [2.05, 4.69) is 31.9 Å². The van der Waals surface area contributed by atoms with Crippen LogP contribution in [0.15, 0.2) is 37.6 Å². The normalized spacial score (nSPS) is 10.8. The molecule has 3 rings (SSSR count). The van der Waals surface area contributed by atoms with Gasteiger partial charge in [0.25, 0.3) is 0 Å². The van der Waals surface area contributed by atoms with Crippen molar-refractivity contribution in [3.8, 4) is 0 Å². The summed E-state index contributed by atoms with van der Waals surface area (Å²) in [5.74, 6) is 1.09. The molecule has 0 unspecified atom stereocenters. The van der Waals surface area contributed by atoms with Crippen LogP contribution >= 0.6 is 72.4 Å². The fraction of sp³-hybridized carbons (Fsp3) is 0.125. The molecule has 0 saturated carbocycles. The first kappa shape index (κ1) is 21.6. The highest BCUT2D eigenvalue weighted by Crippen LogP contribution is 2.40. The monoisotopic (exact) mass is 580 g/mol. The number of hydrogen-bond acceptors (Lipinski definition) is 5. The molecule has 138 valence electrons. The fourth-order valence-corrected chi connectivity index (χ4v) is 4.98. The van der Waals surface area contributed by atoms with Crippen LogP contribution in [-0.2, 0) is 11.5 Å². The summed E-state index contributed by atoms with van der Waals surface area (Å²) in [7, 11) is 0. The Labute approximate surface area is 186 Å². The van der Waals surface area contributed by atoms with Crippen LogP contribution in [-0.4, -0.2) is 10.3 Å². The van der Waals surface area contributed by atoms with Crippen LogP contribution in [0.5, 0.6) is 0 Å². The standard InChI is InChI=1S/C16H14Br2N4OS2.BrH/c17-11-3-1-7-8-2-4-12(18)10(6-25-16(21)22)14(8)23-13(7)9(11)5-24-15(19)20;/h1-4H,5-6H2,(H3,19,20)(H3,21,22);1H. The van der Waals surface area contributed by atoms with E-state index in [1.54, 1.807) is 0 Å². The van der Waals surface area contributed by atoms with Crippen LogP contribution < -0.4 is 11.5 Å². The average molecular weight is 583 g/mol. The molecule has 0 fully saturated rings. The first-order chi connectivity index (χ1) is 11.9. The van der Waals surface area contributed by atoms with E-state index in [9.17, 15) is 0 Å². The first-order valence-electron chi connectivity index (χ1n) is 7.13. The molecular formula is C16H15Br3N4OS2. The molecule has 0 amide bonds. The van der Waals surface area contributed by atoms with Crippen molar-refractivity contribution in [3.63, 3.8) is 0 Å². The third kappa shape index (κ3) is 4.41. The topological polar surface area (TPSA) is 113 Å². The van der Waals surface area contributed by atoms with Crippen molar-refractivity contribution >= 4 is 105 Å². The van der Waals surface area contributed by atoms with Crippen LogP contribution in [0, 0.1) is 10.8 Å². The second-order valence-electron chi connectivity index (χ2n) is 5.21. The maximum absolute atomic E-state index is 7.44. The van der Waals surface area contributed by atoms with E-state index in [-0.39, 0.29) is 27.3 Å². The van der Waals surface area contributed by atoms with Gasteiger partial charge in [-0.05, 0) is 24.3 Å². The summed E-state index contributed by atoms with van der Waals surface area (Å²) in [6.45, 7) is 0. The van der Waals surface area contributed by atoms with Crippen molar-refractivity contribution in [2.45, 2.75) is 11.5 Å². The Kier molecular flexibility index (Phi) is 7.49. The van der Waals surface area contributed by atoms with Gasteiger partial charge in [-0.2, -0.15) is 0 Å². The number of amidine groups is 2. The van der Waals surface area contributed by atoms with E-state index in [1.807, 2.05) is 24.3 Å². The van der Waals surface area contributed by atoms with Gasteiger partial charge in [0.2, 0.25) is 0 Å². The summed E-state index contributed by atoms with van der Waals surface area (Å²) < 4.78 is 8.08. The molecule has 1 heterocycles. The van der Waals surface area contributed by atoms with Gasteiger partial charge >= 0.3 is 0 Å². The Morgan fingerprint density at radius 3 is 1.58 bits per heavy atom. The van der Waals surface area contributed by atoms with Gasteiger partial charge in [-0.15, -0.1) is 17.0 Å². The number of fused-ring (bicyclic) bond motifs is 3. The number of thioether (sulfide) groups is 2. The summed E-state index contributed by atoms with van der Waals surface area (Å²) in [5, 5.41) is 17.0. The third-order valence-corrected chi connectivity index (χ3v) is 6.62. The van der Waals surface area contributed by atoms with Crippen LogP contribution in [0.4, 0.5) is 0 Å². The lowest BCUT2D eigenvalue weighted by Crippen LogP contribution is -2.04. The maximum Gasteiger partial charge on any atom is 0.151 e. The fourth-order valence-electron chi connectivity index (χ4n) is 2.54. The molecule has 5 nitrogen and oxygen atoms in total. The Balaban J connectivity index is 0.00000243. The smallest absolute Gasteiger partial charge is 0.151 e. The average Bonchev–Trinajstić information content (AvgIpc) is 2.91. The highest BCUT2D eigenvalue weighted by molar-refractivity contribution is 9.10. The van der Waals surface area contributed by atoms with E-state index >= 15 is 0 Å². The molecule has 0 aliphatic carbocycles. The lowest BCUT2D eigenvalue weighted by Gasteiger charge is -2.04. The molecule has 3 aromatic rings. The third-order valence-electron chi connectivity index (χ3n) is 3.64. The molecule has 6 N–H and O–H groups in total. The molecule has 0 spiro atoms. The SMILES string of the molecule is Br.N=C(N)SCc1c(Br)ccc2c1oc1c(CSC(=N)N)c(Br)ccc12. The number of furan rings is 1. The van der Waals surface area contributed by atoms with E-state index in [0.29, 0.717) is 11.5 Å². The van der Waals surface area contributed by atoms with Gasteiger partial charge in [0.1, 0.15) is 11.2 Å². The zero-order valence-corrected chi connectivity index (χ0v) is 19.8. The van der Waals surface area contributed by atoms with Gasteiger partial charge in [-0.1, -0.05) is 55.4 Å². The van der Waals surface area contributed by atoms with E-state index < -0.39 is 0 Å². The predicted molar refractivity (Wildman–Crippen MR) is 126 cm³/mol. The van der Waals surface area contributed by atoms with Crippen LogP contribution in [0.2, 0.25) is 0 Å². The first-order valence-corrected chi connectivity index (χ1v) is 10.7. The molecule has 10 heteroatoms. The Morgan fingerprint density at radius 2 is 1.23 bits per heavy atom. The van der Waals surface area contributed by atoms with Gasteiger partial charge in [-0.25, -0.2) is 0 Å². The number of benzene rings is 2. The van der Waals surface area contributed by atoms with E-state index in [1.165, 1.54) is 23.5 Å². The molecule has 0 radical (unpaired) electrons. The second kappa shape index (κ2) is 9.01. The van der Waals surface area contributed by atoms with Crippen molar-refractivity contribution in [2.75, 3.05) is 0 Å². The Morgan fingerprint density at radius 1 is 0.846 bits per heavy atom. The largest absolute Gasteiger partial charge is 0.455 e. The van der Waals surface area contributed by atoms with E-state index in [0.717, 1.165) is 42.0 Å². The zero-order valence-electron chi connectivity index (χ0n) is 13.3. The lowest BCUT2D eigenvalue weighted by molar-refractivity contribution is 0.661. The summed E-state index contributed by atoms with van der Waals surface area (Å²) in [6.07, 6.45) is 0. The number of nitrogens with one attached hydrogen (secondary N) is 2. The highest BCUT2D eigenvalue weighted by atomic mass is 79.9. The Hall–Kier alpha value is -0.680. The van der Waals surface area contributed by atoms with Gasteiger partial charge in [0, 0.05) is 42.4 Å². The maximum atomic E-state index is 7.44. The molecule has 26 heavy (non-hydrogen) atoms. The van der Waals surface area contributed by atoms with Crippen molar-refractivity contribution in [1.82, 2.24) is 0 Å². The zero-order chi connectivity index (χ0) is 18.1. The highest BCUT2D eigenvalue weighted by Gasteiger charge is 2.18. The van der Waals surface area contributed by atoms with Crippen molar-refractivity contribution < 1.29 is 4.42 Å². The van der Waals surface area contributed by atoms with Crippen LogP contribution in [0.25, 0.3) is 21.9 Å². The molecule has 2 aromatic carbocycles. The summed E-state index contributed by atoms with van der Waals surface area (Å²) in [5.41, 5.74) is 14.5. The van der Waals surface area contributed by atoms with Gasteiger partial charge in [-0.3, -0.25) is 10.8 Å². The van der Waals surface area contributed by atoms with Crippen molar-refractivity contribution in [3.05, 3.63) is 44.3 Å². The molecule has 1 aromatic heterocycles. The lowest BCUT2D eigenvalue weighted by atomic mass is 10.1. The van der Waals surface area contributed by atoms with Gasteiger partial charge in [0.15, 0.2) is 10.3 Å². The van der Waals surface area contributed by atoms with Crippen LogP contribution in [0.1, 0.15) is 11.1 Å². The minimum absolute atomic E-state index is 0. The summed E-state index contributed by atoms with van der Waals surface area (Å²) in [6, 6.07) is 8.00. The molecule has 0 atom stereocenters. The molecule has 0 aliphatic rings. The molecule has 0 saturated heterocycles. The van der Waals surface area contributed by atoms with Crippen molar-refractivity contribution in [2.24, 2.45) is 11.5 Å². The van der Waals surface area contributed by atoms with Crippen LogP contribution in [0.3, 0.4) is 0 Å². The molecular weight excluding hydrogens is 568 g/mol. The number of nitrogens with two attached hydrogens (primary N) is 2.